The van der Waals surface area contributed by atoms with Gasteiger partial charge in [-0.1, -0.05) is 0 Å². The summed E-state index contributed by atoms with van der Waals surface area (Å²) in [5.74, 6) is 1.94. The van der Waals surface area contributed by atoms with E-state index in [4.69, 9.17) is 9.98 Å². The van der Waals surface area contributed by atoms with Crippen LogP contribution in [-0.2, 0) is 0 Å². The van der Waals surface area contributed by atoms with Crippen molar-refractivity contribution in [2.24, 2.45) is 21.0 Å². The van der Waals surface area contributed by atoms with Gasteiger partial charge in [0.05, 0.1) is 24.0 Å². The van der Waals surface area contributed by atoms with Crippen molar-refractivity contribution < 1.29 is 0 Å². The first kappa shape index (κ1) is 17.1. The Balaban J connectivity index is 1.54. The summed E-state index contributed by atoms with van der Waals surface area (Å²) >= 11 is 1.39. The molecule has 2 unspecified atom stereocenters. The quantitative estimate of drug-likeness (QED) is 0.865. The smallest absolute Gasteiger partial charge is 0.175 e. The number of amidine groups is 2. The highest BCUT2D eigenvalue weighted by Gasteiger charge is 2.39. The van der Waals surface area contributed by atoms with Crippen molar-refractivity contribution in [1.29, 1.82) is 0 Å². The maximum atomic E-state index is 4.82. The molecule has 8 nitrogen and oxygen atoms in total. The van der Waals surface area contributed by atoms with Crippen molar-refractivity contribution >= 4 is 40.1 Å². The lowest BCUT2D eigenvalue weighted by atomic mass is 10.0. The number of hydrogen-bond acceptors (Lipinski definition) is 8. The molecule has 28 heavy (non-hydrogen) atoms. The number of fused-ring (bicyclic) bond motifs is 1. The summed E-state index contributed by atoms with van der Waals surface area (Å²) in [7, 11) is 2.00. The predicted molar refractivity (Wildman–Crippen MR) is 112 cm³/mol. The van der Waals surface area contributed by atoms with Gasteiger partial charge in [-0.3, -0.25) is 15.0 Å². The van der Waals surface area contributed by atoms with Gasteiger partial charge in [-0.2, -0.15) is 9.47 Å². The monoisotopic (exact) mass is 392 g/mol. The predicted octanol–water partition coefficient (Wildman–Crippen LogP) is 2.11. The second kappa shape index (κ2) is 6.83. The van der Waals surface area contributed by atoms with E-state index in [1.165, 1.54) is 11.5 Å². The van der Waals surface area contributed by atoms with E-state index >= 15 is 0 Å². The number of aliphatic imine (C=N–C) groups is 2. The van der Waals surface area contributed by atoms with Crippen LogP contribution in [0.1, 0.15) is 11.3 Å². The molecule has 0 fully saturated rings. The summed E-state index contributed by atoms with van der Waals surface area (Å²) in [6, 6.07) is 6.19. The van der Waals surface area contributed by atoms with E-state index in [-0.39, 0.29) is 6.04 Å². The fraction of sp³-hybridized carbons (Fsp3) is 0.316. The topological polar surface area (TPSA) is 81.4 Å². The van der Waals surface area contributed by atoms with Crippen molar-refractivity contribution in [2.75, 3.05) is 20.1 Å². The van der Waals surface area contributed by atoms with Gasteiger partial charge in [0.1, 0.15) is 5.00 Å². The average molecular weight is 392 g/mol. The summed E-state index contributed by atoms with van der Waals surface area (Å²) < 4.78 is 4.34. The van der Waals surface area contributed by atoms with Crippen LogP contribution >= 0.6 is 11.5 Å². The van der Waals surface area contributed by atoms with Gasteiger partial charge in [0, 0.05) is 49.9 Å². The highest BCUT2D eigenvalue weighted by Crippen LogP contribution is 2.29. The van der Waals surface area contributed by atoms with Crippen LogP contribution in [0.4, 0.5) is 5.00 Å². The van der Waals surface area contributed by atoms with Crippen molar-refractivity contribution in [3.05, 3.63) is 48.1 Å². The van der Waals surface area contributed by atoms with Gasteiger partial charge < -0.3 is 10.2 Å². The summed E-state index contributed by atoms with van der Waals surface area (Å²) in [5, 5.41) is 10.7. The average Bonchev–Trinajstić information content (AvgIpc) is 3.42. The molecule has 2 aromatic heterocycles. The molecule has 1 N–H and O–H groups in total. The van der Waals surface area contributed by atoms with E-state index in [9.17, 15) is 0 Å². The third-order valence-corrected chi connectivity index (χ3v) is 5.77. The molecular formula is C19H20N8S. The molecule has 0 saturated heterocycles. The molecule has 2 aromatic rings. The Morgan fingerprint density at radius 3 is 3.00 bits per heavy atom. The maximum Gasteiger partial charge on any atom is 0.175 e. The number of hydrazone groups is 1. The number of pyridine rings is 1. The van der Waals surface area contributed by atoms with Crippen LogP contribution in [0.25, 0.3) is 5.70 Å². The van der Waals surface area contributed by atoms with Gasteiger partial charge in [0.15, 0.2) is 11.7 Å². The molecule has 3 aliphatic heterocycles. The highest BCUT2D eigenvalue weighted by atomic mass is 32.1. The van der Waals surface area contributed by atoms with Crippen LogP contribution in [0, 0.1) is 12.8 Å². The molecule has 5 rings (SSSR count). The van der Waals surface area contributed by atoms with Crippen molar-refractivity contribution in [3.8, 4) is 0 Å². The maximum absolute atomic E-state index is 4.82. The highest BCUT2D eigenvalue weighted by molar-refractivity contribution is 7.10. The van der Waals surface area contributed by atoms with Crippen LogP contribution in [0.3, 0.4) is 0 Å². The van der Waals surface area contributed by atoms with E-state index in [0.717, 1.165) is 46.7 Å². The molecule has 0 spiro atoms. The standard InChI is InChI=1S/C19H20N8S/c1-12-6-17(28-25-12)24-18-19-21-9-16(14-8-22-26(2)10-14)27(19)11-15(23-18)13-4-3-5-20-7-13/h3-8,11,14,16H,9-10H2,1-2H3,(H,23,24). The first-order valence-corrected chi connectivity index (χ1v) is 9.94. The number of rotatable bonds is 3. The van der Waals surface area contributed by atoms with Gasteiger partial charge in [-0.15, -0.1) is 0 Å². The molecule has 2 atom stereocenters. The van der Waals surface area contributed by atoms with Crippen LogP contribution in [0.2, 0.25) is 0 Å². The van der Waals surface area contributed by atoms with Crippen LogP contribution < -0.4 is 5.32 Å². The Bertz CT molecular complexity index is 1010. The Morgan fingerprint density at radius 1 is 1.36 bits per heavy atom. The molecule has 0 aliphatic carbocycles. The van der Waals surface area contributed by atoms with E-state index in [1.807, 2.05) is 49.6 Å². The third-order valence-electron chi connectivity index (χ3n) is 5.00. The molecule has 0 aromatic carbocycles. The van der Waals surface area contributed by atoms with Gasteiger partial charge in [-0.25, -0.2) is 4.99 Å². The number of aryl methyl sites for hydroxylation is 1. The molecule has 5 heterocycles. The lowest BCUT2D eigenvalue weighted by Crippen LogP contribution is -2.48. The number of nitrogens with zero attached hydrogens (tertiary/aromatic N) is 7. The molecule has 142 valence electrons. The van der Waals surface area contributed by atoms with E-state index in [1.54, 1.807) is 6.20 Å². The minimum Gasteiger partial charge on any atom is -0.335 e. The molecule has 0 bridgehead atoms. The van der Waals surface area contributed by atoms with Gasteiger partial charge >= 0.3 is 0 Å². The van der Waals surface area contributed by atoms with Crippen molar-refractivity contribution in [3.63, 3.8) is 0 Å². The Kier molecular flexibility index (Phi) is 4.16. The normalized spacial score (nSPS) is 25.0. The minimum absolute atomic E-state index is 0.228. The second-order valence-electron chi connectivity index (χ2n) is 7.08. The summed E-state index contributed by atoms with van der Waals surface area (Å²) in [6.07, 6.45) is 7.78. The molecule has 9 heteroatoms. The Labute approximate surface area is 167 Å². The van der Waals surface area contributed by atoms with Gasteiger partial charge in [0.25, 0.3) is 0 Å². The Morgan fingerprint density at radius 2 is 2.29 bits per heavy atom. The first-order chi connectivity index (χ1) is 13.7. The number of nitrogens with one attached hydrogen (secondary N) is 1. The van der Waals surface area contributed by atoms with Gasteiger partial charge in [0.2, 0.25) is 0 Å². The summed E-state index contributed by atoms with van der Waals surface area (Å²) in [5.41, 5.74) is 2.94. The van der Waals surface area contributed by atoms with E-state index in [0.29, 0.717) is 5.92 Å². The minimum atomic E-state index is 0.228. The molecule has 0 saturated carbocycles. The lowest BCUT2D eigenvalue weighted by molar-refractivity contribution is 0.299. The zero-order chi connectivity index (χ0) is 19.1. The molecule has 0 radical (unpaired) electrons. The van der Waals surface area contributed by atoms with E-state index < -0.39 is 0 Å². The van der Waals surface area contributed by atoms with Gasteiger partial charge in [-0.05, 0) is 36.7 Å². The summed E-state index contributed by atoms with van der Waals surface area (Å²) in [4.78, 5) is 16.1. The Hall–Kier alpha value is -3.07. The van der Waals surface area contributed by atoms with Crippen LogP contribution in [-0.4, -0.2) is 63.3 Å². The molecular weight excluding hydrogens is 372 g/mol. The lowest BCUT2D eigenvalue weighted by Gasteiger charge is -2.32. The van der Waals surface area contributed by atoms with Crippen molar-refractivity contribution in [1.82, 2.24) is 24.6 Å². The SMILES string of the molecule is Cc1cc(N=C2NC(c3cccnc3)=CN3C2=NCC3C2C=NN(C)C2)sn1. The van der Waals surface area contributed by atoms with E-state index in [2.05, 4.69) is 30.9 Å². The number of hydrogen-bond donors (Lipinski definition) is 1. The van der Waals surface area contributed by atoms with Crippen molar-refractivity contribution in [2.45, 2.75) is 13.0 Å². The van der Waals surface area contributed by atoms with Crippen LogP contribution in [0.15, 0.2) is 51.9 Å². The molecule has 3 aliphatic rings. The zero-order valence-electron chi connectivity index (χ0n) is 15.6. The fourth-order valence-corrected chi connectivity index (χ4v) is 4.28. The second-order valence-corrected chi connectivity index (χ2v) is 7.87. The third kappa shape index (κ3) is 3.07. The van der Waals surface area contributed by atoms with Crippen LogP contribution in [0.5, 0.6) is 0 Å². The first-order valence-electron chi connectivity index (χ1n) is 9.17. The molecule has 0 amide bonds. The number of aromatic nitrogens is 2. The fourth-order valence-electron chi connectivity index (χ4n) is 3.64. The summed E-state index contributed by atoms with van der Waals surface area (Å²) in [6.45, 7) is 3.59. The zero-order valence-corrected chi connectivity index (χ0v) is 16.5. The largest absolute Gasteiger partial charge is 0.335 e.